The molecule has 2 aromatic heterocycles. The van der Waals surface area contributed by atoms with Crippen LogP contribution in [0.15, 0.2) is 188 Å². The van der Waals surface area contributed by atoms with Crippen LogP contribution in [0.3, 0.4) is 0 Å². The van der Waals surface area contributed by atoms with Crippen molar-refractivity contribution < 1.29 is 0 Å². The first-order valence-electron chi connectivity index (χ1n) is 19.0. The van der Waals surface area contributed by atoms with E-state index in [0.29, 0.717) is 0 Å². The van der Waals surface area contributed by atoms with Gasteiger partial charge in [0.05, 0.1) is 11.0 Å². The van der Waals surface area contributed by atoms with Gasteiger partial charge in [-0.05, 0) is 112 Å². The predicted molar refractivity (Wildman–Crippen MR) is 238 cm³/mol. The summed E-state index contributed by atoms with van der Waals surface area (Å²) in [5, 5.41) is 5.19. The second-order valence-electron chi connectivity index (χ2n) is 15.5. The van der Waals surface area contributed by atoms with Crippen molar-refractivity contribution in [3.63, 3.8) is 0 Å². The first kappa shape index (κ1) is 33.2. The number of anilines is 3. The molecule has 0 N–H and O–H groups in total. The zero-order valence-corrected chi connectivity index (χ0v) is 32.0. The van der Waals surface area contributed by atoms with Gasteiger partial charge >= 0.3 is 0 Å². The Labute approximate surface area is 326 Å². The van der Waals surface area contributed by atoms with Gasteiger partial charge in [-0.15, -0.1) is 11.3 Å². The van der Waals surface area contributed by atoms with E-state index in [1.54, 1.807) is 0 Å². The number of fused-ring (bicyclic) bond motifs is 6. The minimum atomic E-state index is 0.136. The highest BCUT2D eigenvalue weighted by Crippen LogP contribution is 2.40. The van der Waals surface area contributed by atoms with Crippen LogP contribution in [0.5, 0.6) is 0 Å². The quantitative estimate of drug-likeness (QED) is 0.166. The van der Waals surface area contributed by atoms with Crippen molar-refractivity contribution >= 4 is 70.4 Å². The van der Waals surface area contributed by atoms with Crippen LogP contribution in [0.25, 0.3) is 69.9 Å². The molecule has 2 nitrogen and oxygen atoms in total. The average Bonchev–Trinajstić information content (AvgIpc) is 3.76. The standard InChI is InChI=1S/C52H40N2S/c1-52(2,3)39-24-30-46-45-29-22-38(33-50(45)55-51(46)34-39)36-20-27-43(28-21-36)54-48-17-11-10-16-44(48)47-32-37(23-31-49(47)54)35-18-25-42(26-19-35)53(40-12-6-4-7-13-40)41-14-8-5-9-15-41/h4-34H,1-3H3. The molecule has 0 aliphatic heterocycles. The minimum Gasteiger partial charge on any atom is -0.311 e. The second-order valence-corrected chi connectivity index (χ2v) is 16.5. The highest BCUT2D eigenvalue weighted by Gasteiger charge is 2.17. The third-order valence-corrected chi connectivity index (χ3v) is 12.1. The van der Waals surface area contributed by atoms with E-state index in [-0.39, 0.29) is 5.41 Å². The SMILES string of the molecule is CC(C)(C)c1ccc2c(c1)sc1cc(-c3ccc(-n4c5ccccc5c5cc(-c6ccc(N(c7ccccc7)c7ccccc7)cc6)ccc54)cc3)ccc12. The minimum absolute atomic E-state index is 0.136. The summed E-state index contributed by atoms with van der Waals surface area (Å²) in [5.41, 5.74) is 13.4. The van der Waals surface area contributed by atoms with Crippen molar-refractivity contribution in [2.45, 2.75) is 26.2 Å². The van der Waals surface area contributed by atoms with Crippen molar-refractivity contribution in [3.05, 3.63) is 194 Å². The van der Waals surface area contributed by atoms with E-state index < -0.39 is 0 Å². The summed E-state index contributed by atoms with van der Waals surface area (Å²) < 4.78 is 5.10. The lowest BCUT2D eigenvalue weighted by molar-refractivity contribution is 0.591. The summed E-state index contributed by atoms with van der Waals surface area (Å²) in [6, 6.07) is 68.7. The summed E-state index contributed by atoms with van der Waals surface area (Å²) in [5.74, 6) is 0. The fraction of sp³-hybridized carbons (Fsp3) is 0.0769. The van der Waals surface area contributed by atoms with Crippen LogP contribution in [0.2, 0.25) is 0 Å². The molecule has 264 valence electrons. The van der Waals surface area contributed by atoms with E-state index in [1.807, 2.05) is 11.3 Å². The molecular weight excluding hydrogens is 685 g/mol. The van der Waals surface area contributed by atoms with Crippen LogP contribution in [-0.4, -0.2) is 4.57 Å². The normalized spacial score (nSPS) is 11.9. The van der Waals surface area contributed by atoms with E-state index in [9.17, 15) is 0 Å². The molecule has 0 spiro atoms. The number of aromatic nitrogens is 1. The lowest BCUT2D eigenvalue weighted by Gasteiger charge is -2.25. The number of benzene rings is 8. The summed E-state index contributed by atoms with van der Waals surface area (Å²) in [7, 11) is 0. The van der Waals surface area contributed by atoms with Crippen LogP contribution in [-0.2, 0) is 5.41 Å². The molecule has 0 radical (unpaired) electrons. The number of rotatable bonds is 6. The lowest BCUT2D eigenvalue weighted by atomic mass is 9.87. The summed E-state index contributed by atoms with van der Waals surface area (Å²) in [6.07, 6.45) is 0. The first-order valence-corrected chi connectivity index (χ1v) is 19.8. The molecule has 2 heterocycles. The number of para-hydroxylation sites is 3. The fourth-order valence-electron chi connectivity index (χ4n) is 8.06. The Morgan fingerprint density at radius 3 is 1.58 bits per heavy atom. The van der Waals surface area contributed by atoms with Gasteiger partial charge in [0.15, 0.2) is 0 Å². The van der Waals surface area contributed by atoms with Crippen LogP contribution in [0.1, 0.15) is 26.3 Å². The number of thiophene rings is 1. The van der Waals surface area contributed by atoms with Gasteiger partial charge in [-0.3, -0.25) is 0 Å². The Bertz CT molecular complexity index is 2940. The topological polar surface area (TPSA) is 8.17 Å². The summed E-state index contributed by atoms with van der Waals surface area (Å²) in [4.78, 5) is 2.30. The molecule has 0 fully saturated rings. The number of nitrogens with zero attached hydrogens (tertiary/aromatic N) is 2. The molecule has 0 amide bonds. The van der Waals surface area contributed by atoms with Crippen molar-refractivity contribution in [2.24, 2.45) is 0 Å². The molecule has 0 aliphatic rings. The van der Waals surface area contributed by atoms with E-state index in [4.69, 9.17) is 0 Å². The van der Waals surface area contributed by atoms with E-state index in [2.05, 4.69) is 218 Å². The molecule has 0 saturated heterocycles. The van der Waals surface area contributed by atoms with Crippen molar-refractivity contribution in [2.75, 3.05) is 4.90 Å². The maximum atomic E-state index is 2.40. The highest BCUT2D eigenvalue weighted by molar-refractivity contribution is 7.25. The molecule has 0 bridgehead atoms. The van der Waals surface area contributed by atoms with E-state index in [1.165, 1.54) is 69.8 Å². The molecule has 0 aliphatic carbocycles. The maximum Gasteiger partial charge on any atom is 0.0541 e. The van der Waals surface area contributed by atoms with Gasteiger partial charge in [-0.1, -0.05) is 130 Å². The Balaban J connectivity index is 0.987. The largest absolute Gasteiger partial charge is 0.311 e. The Morgan fingerprint density at radius 1 is 0.400 bits per heavy atom. The van der Waals surface area contributed by atoms with Crippen LogP contribution >= 0.6 is 11.3 Å². The molecule has 0 unspecified atom stereocenters. The molecule has 8 aromatic carbocycles. The lowest BCUT2D eigenvalue weighted by Crippen LogP contribution is -2.10. The zero-order chi connectivity index (χ0) is 37.1. The van der Waals surface area contributed by atoms with Gasteiger partial charge in [0.1, 0.15) is 0 Å². The van der Waals surface area contributed by atoms with E-state index in [0.717, 1.165) is 22.7 Å². The van der Waals surface area contributed by atoms with Crippen LogP contribution in [0, 0.1) is 0 Å². The third kappa shape index (κ3) is 5.89. The Morgan fingerprint density at radius 2 is 0.909 bits per heavy atom. The number of hydrogen-bond donors (Lipinski definition) is 0. The smallest absolute Gasteiger partial charge is 0.0541 e. The van der Waals surface area contributed by atoms with Crippen LogP contribution in [0.4, 0.5) is 17.1 Å². The molecular formula is C52H40N2S. The van der Waals surface area contributed by atoms with Gasteiger partial charge in [0.2, 0.25) is 0 Å². The van der Waals surface area contributed by atoms with Gasteiger partial charge < -0.3 is 9.47 Å². The maximum absolute atomic E-state index is 2.40. The fourth-order valence-corrected chi connectivity index (χ4v) is 9.25. The van der Waals surface area contributed by atoms with Crippen LogP contribution < -0.4 is 4.90 Å². The first-order chi connectivity index (χ1) is 26.9. The molecule has 3 heteroatoms. The predicted octanol–water partition coefficient (Wildman–Crippen LogP) is 15.3. The second kappa shape index (κ2) is 13.2. The highest BCUT2D eigenvalue weighted by atomic mass is 32.1. The van der Waals surface area contributed by atoms with Gasteiger partial charge in [0, 0.05) is 53.7 Å². The van der Waals surface area contributed by atoms with Crippen molar-refractivity contribution in [1.82, 2.24) is 4.57 Å². The molecule has 0 saturated carbocycles. The average molecular weight is 725 g/mol. The molecule has 10 rings (SSSR count). The molecule has 10 aromatic rings. The van der Waals surface area contributed by atoms with Gasteiger partial charge in [-0.25, -0.2) is 0 Å². The Kier molecular flexibility index (Phi) is 7.94. The van der Waals surface area contributed by atoms with Gasteiger partial charge in [-0.2, -0.15) is 0 Å². The van der Waals surface area contributed by atoms with Gasteiger partial charge in [0.25, 0.3) is 0 Å². The van der Waals surface area contributed by atoms with Crippen molar-refractivity contribution in [3.8, 4) is 27.9 Å². The molecule has 0 atom stereocenters. The molecule has 55 heavy (non-hydrogen) atoms. The summed E-state index contributed by atoms with van der Waals surface area (Å²) >= 11 is 1.90. The van der Waals surface area contributed by atoms with Crippen molar-refractivity contribution in [1.29, 1.82) is 0 Å². The monoisotopic (exact) mass is 724 g/mol. The zero-order valence-electron chi connectivity index (χ0n) is 31.2. The van der Waals surface area contributed by atoms with E-state index >= 15 is 0 Å². The Hall–Kier alpha value is -6.42. The number of hydrogen-bond acceptors (Lipinski definition) is 2. The third-order valence-electron chi connectivity index (χ3n) is 11.0. The summed E-state index contributed by atoms with van der Waals surface area (Å²) in [6.45, 7) is 6.85.